The van der Waals surface area contributed by atoms with Crippen LogP contribution < -0.4 is 0 Å². The third kappa shape index (κ3) is 8.45. The third-order valence-electron chi connectivity index (χ3n) is 3.25. The average Bonchev–Trinajstić information content (AvgIpc) is 2.73. The summed E-state index contributed by atoms with van der Waals surface area (Å²) in [6.45, 7) is 3.49. The Kier molecular flexibility index (Phi) is 7.66. The summed E-state index contributed by atoms with van der Waals surface area (Å²) in [5, 5.41) is 0. The van der Waals surface area contributed by atoms with Crippen LogP contribution >= 0.6 is 0 Å². The van der Waals surface area contributed by atoms with E-state index in [-0.39, 0.29) is 18.7 Å². The van der Waals surface area contributed by atoms with Crippen LogP contribution in [0.1, 0.15) is 39.5 Å². The molecular weight excluding hydrogens is 324 g/mol. The second kappa shape index (κ2) is 8.77. The van der Waals surface area contributed by atoms with Crippen LogP contribution in [0.4, 0.5) is 0 Å². The Balaban J connectivity index is 2.41. The number of carbonyl (C=O) groups excluding carboxylic acids is 1. The molecule has 0 aliphatic carbocycles. The third-order valence-corrected chi connectivity index (χ3v) is 3.81. The van der Waals surface area contributed by atoms with Gasteiger partial charge in [0.1, 0.15) is 6.10 Å². The summed E-state index contributed by atoms with van der Waals surface area (Å²) in [4.78, 5) is 11.0. The van der Waals surface area contributed by atoms with Crippen molar-refractivity contribution >= 4 is 16.1 Å². The van der Waals surface area contributed by atoms with Gasteiger partial charge in [-0.25, -0.2) is 0 Å². The largest absolute Gasteiger partial charge is 0.469 e. The lowest BCUT2D eigenvalue weighted by Gasteiger charge is -2.16. The Morgan fingerprint density at radius 2 is 1.87 bits per heavy atom. The Hall–Kier alpha value is -0.960. The second-order valence-electron chi connectivity index (χ2n) is 5.88. The van der Waals surface area contributed by atoms with Gasteiger partial charge in [-0.2, -0.15) is 8.42 Å². The highest BCUT2D eigenvalue weighted by molar-refractivity contribution is 7.85. The molecule has 1 rings (SSSR count). The average molecular weight is 350 g/mol. The predicted molar refractivity (Wildman–Crippen MR) is 84.2 cm³/mol. The van der Waals surface area contributed by atoms with E-state index in [1.807, 2.05) is 12.2 Å². The number of ether oxygens (including phenoxy) is 3. The van der Waals surface area contributed by atoms with Gasteiger partial charge in [-0.15, -0.1) is 0 Å². The van der Waals surface area contributed by atoms with Gasteiger partial charge in [0, 0.05) is 6.42 Å². The number of carbonyl (C=O) groups is 1. The molecule has 1 aliphatic rings. The van der Waals surface area contributed by atoms with Crippen molar-refractivity contribution in [1.82, 2.24) is 0 Å². The second-order valence-corrected chi connectivity index (χ2v) is 7.52. The van der Waals surface area contributed by atoms with Crippen molar-refractivity contribution in [1.29, 1.82) is 0 Å². The van der Waals surface area contributed by atoms with Crippen molar-refractivity contribution in [3.05, 3.63) is 12.2 Å². The van der Waals surface area contributed by atoms with Gasteiger partial charge in [0.2, 0.25) is 0 Å². The number of unbranched alkanes of at least 4 members (excludes halogenated alkanes) is 1. The Labute approximate surface area is 138 Å². The normalized spacial score (nSPS) is 24.2. The van der Waals surface area contributed by atoms with Crippen molar-refractivity contribution < 1.29 is 31.6 Å². The smallest absolute Gasteiger partial charge is 0.305 e. The van der Waals surface area contributed by atoms with Gasteiger partial charge in [-0.05, 0) is 33.1 Å². The fourth-order valence-corrected chi connectivity index (χ4v) is 2.64. The van der Waals surface area contributed by atoms with Crippen LogP contribution in [-0.2, 0) is 33.3 Å². The molecule has 0 aromatic heterocycles. The molecule has 0 bridgehead atoms. The van der Waals surface area contributed by atoms with Gasteiger partial charge >= 0.3 is 5.97 Å². The zero-order valence-electron chi connectivity index (χ0n) is 14.1. The highest BCUT2D eigenvalue weighted by Gasteiger charge is 2.41. The van der Waals surface area contributed by atoms with Crippen molar-refractivity contribution in [2.75, 3.05) is 20.0 Å². The molecule has 7 nitrogen and oxygen atoms in total. The van der Waals surface area contributed by atoms with E-state index in [4.69, 9.17) is 13.7 Å². The maximum absolute atomic E-state index is 11.1. The van der Waals surface area contributed by atoms with E-state index in [0.29, 0.717) is 12.8 Å². The van der Waals surface area contributed by atoms with Crippen molar-refractivity contribution in [2.45, 2.75) is 57.5 Å². The van der Waals surface area contributed by atoms with Crippen molar-refractivity contribution in [3.63, 3.8) is 0 Å². The van der Waals surface area contributed by atoms with Gasteiger partial charge in [0.05, 0.1) is 26.1 Å². The maximum Gasteiger partial charge on any atom is 0.305 e. The molecular formula is C15H26O7S. The number of allylic oxidation sites excluding steroid dienone is 1. The summed E-state index contributed by atoms with van der Waals surface area (Å²) in [6, 6.07) is 0. The lowest BCUT2D eigenvalue weighted by Crippen LogP contribution is -2.28. The molecule has 2 atom stereocenters. The minimum atomic E-state index is -3.51. The lowest BCUT2D eigenvalue weighted by atomic mass is 10.1. The first kappa shape index (κ1) is 20.1. The monoisotopic (exact) mass is 350 g/mol. The van der Waals surface area contributed by atoms with E-state index < -0.39 is 22.0 Å². The summed E-state index contributed by atoms with van der Waals surface area (Å²) in [7, 11) is -2.14. The number of hydrogen-bond donors (Lipinski definition) is 0. The minimum Gasteiger partial charge on any atom is -0.469 e. The standard InChI is InChI=1S/C15H26O7S/c1-15(2)21-12(13(22-15)11-20-23(4,17)18)9-7-5-6-8-10-14(16)19-3/h5,7,12-13H,6,8-11H2,1-4H3/b7-5-/t12-,13+/m0/s1. The van der Waals surface area contributed by atoms with Gasteiger partial charge in [-0.1, -0.05) is 12.2 Å². The Morgan fingerprint density at radius 1 is 1.22 bits per heavy atom. The summed E-state index contributed by atoms with van der Waals surface area (Å²) < 4.78 is 43.0. The fourth-order valence-electron chi connectivity index (χ4n) is 2.26. The summed E-state index contributed by atoms with van der Waals surface area (Å²) in [5.74, 6) is -0.986. The van der Waals surface area contributed by atoms with E-state index in [1.54, 1.807) is 13.8 Å². The highest BCUT2D eigenvalue weighted by Crippen LogP contribution is 2.30. The van der Waals surface area contributed by atoms with E-state index in [9.17, 15) is 13.2 Å². The quantitative estimate of drug-likeness (QED) is 0.271. The lowest BCUT2D eigenvalue weighted by molar-refractivity contribution is -0.148. The van der Waals surface area contributed by atoms with Crippen LogP contribution in [0.15, 0.2) is 12.2 Å². The van der Waals surface area contributed by atoms with E-state index in [2.05, 4.69) is 4.74 Å². The van der Waals surface area contributed by atoms with Crippen LogP contribution in [-0.4, -0.2) is 52.4 Å². The SMILES string of the molecule is COC(=O)CCC/C=C\C[C@@H]1OC(C)(C)O[C@@H]1COS(C)(=O)=O. The first-order valence-corrected chi connectivity index (χ1v) is 9.36. The van der Waals surface area contributed by atoms with Gasteiger partial charge in [0.15, 0.2) is 5.79 Å². The molecule has 0 amide bonds. The van der Waals surface area contributed by atoms with E-state index >= 15 is 0 Å². The van der Waals surface area contributed by atoms with Gasteiger partial charge in [0.25, 0.3) is 10.1 Å². The number of hydrogen-bond acceptors (Lipinski definition) is 7. The first-order chi connectivity index (χ1) is 10.6. The van der Waals surface area contributed by atoms with Crippen LogP contribution in [0.5, 0.6) is 0 Å². The molecule has 0 radical (unpaired) electrons. The molecule has 23 heavy (non-hydrogen) atoms. The highest BCUT2D eigenvalue weighted by atomic mass is 32.2. The van der Waals surface area contributed by atoms with Crippen molar-refractivity contribution in [2.24, 2.45) is 0 Å². The molecule has 1 fully saturated rings. The zero-order valence-corrected chi connectivity index (χ0v) is 14.9. The molecule has 0 N–H and O–H groups in total. The fraction of sp³-hybridized carbons (Fsp3) is 0.800. The summed E-state index contributed by atoms with van der Waals surface area (Å²) in [6.07, 6.45) is 6.65. The van der Waals surface area contributed by atoms with E-state index in [0.717, 1.165) is 19.1 Å². The molecule has 8 heteroatoms. The van der Waals surface area contributed by atoms with Gasteiger partial charge < -0.3 is 14.2 Å². The Bertz CT molecular complexity index is 510. The number of esters is 1. The number of methoxy groups -OCH3 is 1. The van der Waals surface area contributed by atoms with E-state index in [1.165, 1.54) is 7.11 Å². The maximum atomic E-state index is 11.1. The predicted octanol–water partition coefficient (Wildman–Crippen LogP) is 1.77. The molecule has 0 spiro atoms. The summed E-state index contributed by atoms with van der Waals surface area (Å²) >= 11 is 0. The molecule has 0 aromatic carbocycles. The van der Waals surface area contributed by atoms with Gasteiger partial charge in [-0.3, -0.25) is 8.98 Å². The molecule has 1 aliphatic heterocycles. The zero-order chi connectivity index (χ0) is 17.5. The summed E-state index contributed by atoms with van der Waals surface area (Å²) in [5.41, 5.74) is 0. The molecule has 1 heterocycles. The first-order valence-electron chi connectivity index (χ1n) is 7.55. The van der Waals surface area contributed by atoms with Crippen LogP contribution in [0.25, 0.3) is 0 Å². The molecule has 1 saturated heterocycles. The molecule has 0 unspecified atom stereocenters. The van der Waals surface area contributed by atoms with Crippen LogP contribution in [0.2, 0.25) is 0 Å². The topological polar surface area (TPSA) is 88.1 Å². The van der Waals surface area contributed by atoms with Crippen molar-refractivity contribution in [3.8, 4) is 0 Å². The molecule has 134 valence electrons. The number of rotatable bonds is 9. The Morgan fingerprint density at radius 3 is 2.48 bits per heavy atom. The molecule has 0 aromatic rings. The van der Waals surface area contributed by atoms with Crippen LogP contribution in [0.3, 0.4) is 0 Å². The molecule has 0 saturated carbocycles. The van der Waals surface area contributed by atoms with Crippen LogP contribution in [0, 0.1) is 0 Å². The minimum absolute atomic E-state index is 0.0664.